The van der Waals surface area contributed by atoms with E-state index in [0.29, 0.717) is 11.5 Å². The van der Waals surface area contributed by atoms with E-state index in [4.69, 9.17) is 0 Å². The Balaban J connectivity index is 0.00000261. The lowest BCUT2D eigenvalue weighted by atomic mass is 9.87. The molecule has 1 saturated heterocycles. The van der Waals surface area contributed by atoms with Gasteiger partial charge in [0.2, 0.25) is 5.91 Å². The molecule has 0 aliphatic carbocycles. The van der Waals surface area contributed by atoms with Crippen LogP contribution in [0.3, 0.4) is 0 Å². The molecule has 1 fully saturated rings. The summed E-state index contributed by atoms with van der Waals surface area (Å²) in [4.78, 5) is 13.8. The van der Waals surface area contributed by atoms with Gasteiger partial charge in [0.1, 0.15) is 0 Å². The van der Waals surface area contributed by atoms with Crippen LogP contribution in [0.4, 0.5) is 8.78 Å². The van der Waals surface area contributed by atoms with Crippen LogP contribution in [0.2, 0.25) is 0 Å². The second-order valence-corrected chi connectivity index (χ2v) is 7.48. The Kier molecular flexibility index (Phi) is 7.65. The lowest BCUT2D eigenvalue weighted by molar-refractivity contribution is -0.127. The molecule has 2 unspecified atom stereocenters. The molecule has 2 aromatic carbocycles. The molecule has 1 aliphatic heterocycles. The smallest absolute Gasteiger partial charge is 0.223 e. The van der Waals surface area contributed by atoms with Crippen LogP contribution < -0.4 is 10.6 Å². The van der Waals surface area contributed by atoms with Crippen LogP contribution in [-0.4, -0.2) is 25.3 Å². The molecule has 0 spiro atoms. The van der Waals surface area contributed by atoms with Crippen LogP contribution in [0.1, 0.15) is 24.1 Å². The molecule has 2 atom stereocenters. The summed E-state index contributed by atoms with van der Waals surface area (Å²) in [5, 5.41) is 6.20. The quantitative estimate of drug-likeness (QED) is 0.699. The minimum Gasteiger partial charge on any atom is -0.345 e. The van der Waals surface area contributed by atoms with E-state index in [-0.39, 0.29) is 24.2 Å². The molecule has 2 N–H and O–H groups in total. The first-order valence-electron chi connectivity index (χ1n) is 8.59. The van der Waals surface area contributed by atoms with Crippen LogP contribution in [0.15, 0.2) is 47.4 Å². The molecule has 1 aliphatic rings. The molecule has 0 aromatic heterocycles. The third-order valence-corrected chi connectivity index (χ3v) is 5.65. The Labute approximate surface area is 168 Å². The minimum atomic E-state index is -0.918. The van der Waals surface area contributed by atoms with E-state index in [0.717, 1.165) is 35.7 Å². The first-order valence-corrected chi connectivity index (χ1v) is 9.82. The number of carbonyl (C=O) groups excluding carboxylic acids is 1. The van der Waals surface area contributed by atoms with Crippen LogP contribution in [0.25, 0.3) is 0 Å². The Morgan fingerprint density at radius 1 is 1.15 bits per heavy atom. The standard InChI is InChI=1S/C20H22F2N2OS.ClH/c1-12(15-10-23-11-15)20(25)24-19(13-4-3-5-16(8-13)26-2)14-6-7-17(21)18(22)9-14;/h3-9,12,15,19,23H,10-11H2,1-2H3,(H,24,25);1H. The molecule has 0 saturated carbocycles. The number of thioether (sulfide) groups is 1. The highest BCUT2D eigenvalue weighted by Gasteiger charge is 2.30. The molecule has 7 heteroatoms. The van der Waals surface area contributed by atoms with Gasteiger partial charge in [-0.15, -0.1) is 24.2 Å². The van der Waals surface area contributed by atoms with Crippen LogP contribution in [-0.2, 0) is 4.79 Å². The highest BCUT2D eigenvalue weighted by Crippen LogP contribution is 2.28. The normalized spacial score (nSPS) is 16.0. The van der Waals surface area contributed by atoms with Gasteiger partial charge in [0, 0.05) is 10.8 Å². The number of nitrogens with one attached hydrogen (secondary N) is 2. The average Bonchev–Trinajstić information content (AvgIpc) is 2.60. The zero-order valence-corrected chi connectivity index (χ0v) is 16.8. The summed E-state index contributed by atoms with van der Waals surface area (Å²) >= 11 is 1.59. The molecular weight excluding hydrogens is 390 g/mol. The van der Waals surface area contributed by atoms with Crippen molar-refractivity contribution < 1.29 is 13.6 Å². The molecule has 1 amide bonds. The Hall–Kier alpha value is -1.63. The highest BCUT2D eigenvalue weighted by molar-refractivity contribution is 7.98. The van der Waals surface area contributed by atoms with Crippen molar-refractivity contribution in [2.45, 2.75) is 17.9 Å². The number of amides is 1. The van der Waals surface area contributed by atoms with Crippen molar-refractivity contribution in [3.8, 4) is 0 Å². The number of halogens is 3. The number of rotatable bonds is 6. The molecular formula is C20H23ClF2N2OS. The van der Waals surface area contributed by atoms with E-state index < -0.39 is 17.7 Å². The van der Waals surface area contributed by atoms with E-state index in [2.05, 4.69) is 10.6 Å². The second-order valence-electron chi connectivity index (χ2n) is 6.60. The summed E-state index contributed by atoms with van der Waals surface area (Å²) < 4.78 is 27.1. The Bertz CT molecular complexity index is 801. The summed E-state index contributed by atoms with van der Waals surface area (Å²) in [5.41, 5.74) is 1.37. The predicted octanol–water partition coefficient (Wildman–Crippen LogP) is 4.17. The fourth-order valence-electron chi connectivity index (χ4n) is 3.02. The molecule has 3 rings (SSSR count). The van der Waals surface area contributed by atoms with Gasteiger partial charge in [0.05, 0.1) is 6.04 Å². The Morgan fingerprint density at radius 3 is 2.44 bits per heavy atom. The first kappa shape index (κ1) is 21.7. The summed E-state index contributed by atoms with van der Waals surface area (Å²) in [6, 6.07) is 11.0. The maximum atomic E-state index is 13.8. The van der Waals surface area contributed by atoms with Crippen molar-refractivity contribution in [1.29, 1.82) is 0 Å². The number of benzene rings is 2. The van der Waals surface area contributed by atoms with Crippen molar-refractivity contribution >= 4 is 30.1 Å². The van der Waals surface area contributed by atoms with Gasteiger partial charge in [-0.2, -0.15) is 0 Å². The topological polar surface area (TPSA) is 41.1 Å². The highest BCUT2D eigenvalue weighted by atomic mass is 35.5. The molecule has 0 bridgehead atoms. The predicted molar refractivity (Wildman–Crippen MR) is 107 cm³/mol. The van der Waals surface area contributed by atoms with Crippen LogP contribution >= 0.6 is 24.2 Å². The number of hydrogen-bond donors (Lipinski definition) is 2. The fourth-order valence-corrected chi connectivity index (χ4v) is 3.49. The third-order valence-electron chi connectivity index (χ3n) is 4.92. The van der Waals surface area contributed by atoms with E-state index in [1.165, 1.54) is 6.07 Å². The third kappa shape index (κ3) is 5.00. The van der Waals surface area contributed by atoms with E-state index in [1.54, 1.807) is 11.8 Å². The van der Waals surface area contributed by atoms with Gasteiger partial charge in [0.15, 0.2) is 11.6 Å². The van der Waals surface area contributed by atoms with Crippen molar-refractivity contribution in [3.63, 3.8) is 0 Å². The largest absolute Gasteiger partial charge is 0.345 e. The maximum Gasteiger partial charge on any atom is 0.223 e. The van der Waals surface area contributed by atoms with Crippen molar-refractivity contribution in [3.05, 3.63) is 65.2 Å². The van der Waals surface area contributed by atoms with Crippen molar-refractivity contribution in [2.24, 2.45) is 11.8 Å². The van der Waals surface area contributed by atoms with Gasteiger partial charge in [-0.05, 0) is 60.7 Å². The van der Waals surface area contributed by atoms with Gasteiger partial charge in [0.25, 0.3) is 0 Å². The zero-order valence-electron chi connectivity index (χ0n) is 15.2. The van der Waals surface area contributed by atoms with Crippen LogP contribution in [0, 0.1) is 23.5 Å². The molecule has 3 nitrogen and oxygen atoms in total. The van der Waals surface area contributed by atoms with Gasteiger partial charge in [-0.1, -0.05) is 25.1 Å². The lowest BCUT2D eigenvalue weighted by Crippen LogP contribution is -2.50. The Morgan fingerprint density at radius 2 is 1.85 bits per heavy atom. The molecule has 146 valence electrons. The van der Waals surface area contributed by atoms with Gasteiger partial charge >= 0.3 is 0 Å². The van der Waals surface area contributed by atoms with Crippen molar-refractivity contribution in [2.75, 3.05) is 19.3 Å². The monoisotopic (exact) mass is 412 g/mol. The molecule has 27 heavy (non-hydrogen) atoms. The maximum absolute atomic E-state index is 13.8. The lowest BCUT2D eigenvalue weighted by Gasteiger charge is -2.33. The number of carbonyl (C=O) groups is 1. The summed E-state index contributed by atoms with van der Waals surface area (Å²) in [5.74, 6) is -1.74. The molecule has 2 aromatic rings. The van der Waals surface area contributed by atoms with Crippen LogP contribution in [0.5, 0.6) is 0 Å². The van der Waals surface area contributed by atoms with Crippen molar-refractivity contribution in [1.82, 2.24) is 10.6 Å². The fraction of sp³-hybridized carbons (Fsp3) is 0.350. The summed E-state index contributed by atoms with van der Waals surface area (Å²) in [6.07, 6.45) is 1.97. The van der Waals surface area contributed by atoms with Gasteiger partial charge < -0.3 is 10.6 Å². The average molecular weight is 413 g/mol. The van der Waals surface area contributed by atoms with E-state index in [1.807, 2.05) is 37.4 Å². The van der Waals surface area contributed by atoms with E-state index >= 15 is 0 Å². The first-order chi connectivity index (χ1) is 12.5. The van der Waals surface area contributed by atoms with E-state index in [9.17, 15) is 13.6 Å². The number of hydrogen-bond acceptors (Lipinski definition) is 3. The second kappa shape index (κ2) is 9.53. The van der Waals surface area contributed by atoms with Gasteiger partial charge in [-0.3, -0.25) is 4.79 Å². The molecule has 0 radical (unpaired) electrons. The summed E-state index contributed by atoms with van der Waals surface area (Å²) in [6.45, 7) is 3.56. The summed E-state index contributed by atoms with van der Waals surface area (Å²) in [7, 11) is 0. The SMILES string of the molecule is CSc1cccc(C(NC(=O)C(C)C2CNC2)c2ccc(F)c(F)c2)c1.Cl. The van der Waals surface area contributed by atoms with Gasteiger partial charge in [-0.25, -0.2) is 8.78 Å². The zero-order chi connectivity index (χ0) is 18.7. The minimum absolute atomic E-state index is 0. The molecule has 1 heterocycles.